The Balaban J connectivity index is 2.09. The van der Waals surface area contributed by atoms with Crippen molar-refractivity contribution in [2.45, 2.75) is 71.0 Å². The molecule has 0 unspecified atom stereocenters. The van der Waals surface area contributed by atoms with Gasteiger partial charge in [-0.25, -0.2) is 8.42 Å². The molecule has 0 radical (unpaired) electrons. The van der Waals surface area contributed by atoms with Gasteiger partial charge < -0.3 is 10.2 Å². The number of carbonyl (C=O) groups is 2. The van der Waals surface area contributed by atoms with Crippen molar-refractivity contribution in [3.05, 3.63) is 93.5 Å². The molecule has 2 amide bonds. The average molecular weight is 619 g/mol. The summed E-state index contributed by atoms with van der Waals surface area (Å²) in [4.78, 5) is 29.0. The van der Waals surface area contributed by atoms with Gasteiger partial charge in [0.2, 0.25) is 11.8 Å². The van der Waals surface area contributed by atoms with Crippen molar-refractivity contribution in [3.8, 4) is 0 Å². The van der Waals surface area contributed by atoms with Crippen LogP contribution in [0.4, 0.5) is 5.69 Å². The number of sulfonamides is 1. The number of amides is 2. The summed E-state index contributed by atoms with van der Waals surface area (Å²) in [6.07, 6.45) is 1.01. The summed E-state index contributed by atoms with van der Waals surface area (Å²) in [6, 6.07) is 17.4. The van der Waals surface area contributed by atoms with Gasteiger partial charge in [-0.1, -0.05) is 78.5 Å². The van der Waals surface area contributed by atoms with E-state index in [-0.39, 0.29) is 23.4 Å². The van der Waals surface area contributed by atoms with Crippen molar-refractivity contribution in [1.29, 1.82) is 0 Å². The van der Waals surface area contributed by atoms with E-state index in [1.54, 1.807) is 61.5 Å². The number of nitrogens with zero attached hydrogens (tertiary/aromatic N) is 2. The highest BCUT2D eigenvalue weighted by molar-refractivity contribution is 7.92. The highest BCUT2D eigenvalue weighted by Crippen LogP contribution is 2.29. The molecule has 0 aromatic heterocycles. The van der Waals surface area contributed by atoms with Crippen LogP contribution in [0.25, 0.3) is 0 Å². The van der Waals surface area contributed by atoms with Gasteiger partial charge in [-0.05, 0) is 70.0 Å². The molecule has 0 aliphatic carbocycles. The Labute approximate surface area is 253 Å². The van der Waals surface area contributed by atoms with Crippen molar-refractivity contribution < 1.29 is 18.0 Å². The molecule has 0 spiro atoms. The molecule has 0 aliphatic heterocycles. The summed E-state index contributed by atoms with van der Waals surface area (Å²) in [5.74, 6) is -0.898. The molecule has 1 N–H and O–H groups in total. The van der Waals surface area contributed by atoms with Gasteiger partial charge in [0.25, 0.3) is 10.0 Å². The molecular formula is C31H37Cl2N3O4S. The van der Waals surface area contributed by atoms with Crippen LogP contribution in [0.1, 0.15) is 50.3 Å². The van der Waals surface area contributed by atoms with Crippen LogP contribution in [-0.2, 0) is 26.2 Å². The molecule has 0 heterocycles. The van der Waals surface area contributed by atoms with Crippen LogP contribution in [0.2, 0.25) is 10.0 Å². The molecule has 0 fully saturated rings. The van der Waals surface area contributed by atoms with Gasteiger partial charge in [-0.2, -0.15) is 0 Å². The van der Waals surface area contributed by atoms with Crippen LogP contribution >= 0.6 is 23.2 Å². The van der Waals surface area contributed by atoms with E-state index in [9.17, 15) is 18.0 Å². The normalized spacial score (nSPS) is 12.9. The van der Waals surface area contributed by atoms with Crippen molar-refractivity contribution >= 4 is 50.7 Å². The zero-order valence-corrected chi connectivity index (χ0v) is 26.4. The second-order valence-corrected chi connectivity index (χ2v) is 12.8. The van der Waals surface area contributed by atoms with Gasteiger partial charge in [-0.3, -0.25) is 13.9 Å². The molecule has 0 aliphatic rings. The third-order valence-electron chi connectivity index (χ3n) is 6.99. The van der Waals surface area contributed by atoms with Crippen LogP contribution in [0.5, 0.6) is 0 Å². The number of hydrogen-bond acceptors (Lipinski definition) is 4. The Hall–Kier alpha value is -3.07. The summed E-state index contributed by atoms with van der Waals surface area (Å²) in [5.41, 5.74) is 2.65. The molecule has 3 aromatic carbocycles. The maximum atomic E-state index is 14.2. The fourth-order valence-electron chi connectivity index (χ4n) is 4.29. The lowest BCUT2D eigenvalue weighted by Crippen LogP contribution is -2.53. The number of anilines is 1. The number of rotatable bonds is 12. The number of aryl methyl sites for hydroxylation is 2. The predicted molar refractivity (Wildman–Crippen MR) is 166 cm³/mol. The van der Waals surface area contributed by atoms with Crippen LogP contribution in [0.15, 0.2) is 71.6 Å². The van der Waals surface area contributed by atoms with Crippen molar-refractivity contribution in [1.82, 2.24) is 10.2 Å². The first-order valence-electron chi connectivity index (χ1n) is 13.6. The standard InChI is InChI=1S/C31H37Cl2N3O4S/c1-6-23(5)34-31(38)29(7-2)35(19-26-27(32)9-8-10-28(26)33)30(37)20-36(24-15-11-21(3)12-16-24)41(39,40)25-17-13-22(4)14-18-25/h8-18,23,29H,6-7,19-20H2,1-5H3,(H,34,38)/t23-,29-/m1/s1. The summed E-state index contributed by atoms with van der Waals surface area (Å²) >= 11 is 12.9. The molecular weight excluding hydrogens is 581 g/mol. The number of nitrogens with one attached hydrogen (secondary N) is 1. The zero-order valence-electron chi connectivity index (χ0n) is 24.0. The van der Waals surface area contributed by atoms with Crippen molar-refractivity contribution in [3.63, 3.8) is 0 Å². The maximum absolute atomic E-state index is 14.2. The average Bonchev–Trinajstić information content (AvgIpc) is 2.93. The van der Waals surface area contributed by atoms with Gasteiger partial charge in [0.05, 0.1) is 10.6 Å². The van der Waals surface area contributed by atoms with Gasteiger partial charge in [0.1, 0.15) is 12.6 Å². The van der Waals surface area contributed by atoms with Gasteiger partial charge in [0.15, 0.2) is 0 Å². The lowest BCUT2D eigenvalue weighted by Gasteiger charge is -2.34. The first-order chi connectivity index (χ1) is 19.4. The number of benzene rings is 3. The number of halogens is 2. The Morgan fingerprint density at radius 2 is 1.39 bits per heavy atom. The zero-order chi connectivity index (χ0) is 30.3. The van der Waals surface area contributed by atoms with Gasteiger partial charge >= 0.3 is 0 Å². The second kappa shape index (κ2) is 14.2. The van der Waals surface area contributed by atoms with Crippen LogP contribution in [-0.4, -0.2) is 43.8 Å². The van der Waals surface area contributed by atoms with Crippen LogP contribution in [0, 0.1) is 13.8 Å². The van der Waals surface area contributed by atoms with Crippen molar-refractivity contribution in [2.24, 2.45) is 0 Å². The SMILES string of the molecule is CC[C@@H](C)NC(=O)[C@@H](CC)N(Cc1c(Cl)cccc1Cl)C(=O)CN(c1ccc(C)cc1)S(=O)(=O)c1ccc(C)cc1. The molecule has 0 saturated carbocycles. The molecule has 3 rings (SSSR count). The second-order valence-electron chi connectivity index (χ2n) is 10.1. The van der Waals surface area contributed by atoms with Crippen LogP contribution in [0.3, 0.4) is 0 Å². The molecule has 0 bridgehead atoms. The van der Waals surface area contributed by atoms with E-state index in [1.807, 2.05) is 27.7 Å². The van der Waals surface area contributed by atoms with E-state index >= 15 is 0 Å². The topological polar surface area (TPSA) is 86.8 Å². The maximum Gasteiger partial charge on any atom is 0.264 e. The highest BCUT2D eigenvalue weighted by Gasteiger charge is 2.34. The molecule has 3 aromatic rings. The fourth-order valence-corrected chi connectivity index (χ4v) is 6.22. The Kier molecular flexibility index (Phi) is 11.2. The minimum atomic E-state index is -4.14. The summed E-state index contributed by atoms with van der Waals surface area (Å²) in [5, 5.41) is 3.64. The van der Waals surface area contributed by atoms with E-state index < -0.39 is 28.5 Å². The van der Waals surface area contributed by atoms with Crippen molar-refractivity contribution in [2.75, 3.05) is 10.8 Å². The largest absolute Gasteiger partial charge is 0.352 e. The fraction of sp³-hybridized carbons (Fsp3) is 0.355. The molecule has 7 nitrogen and oxygen atoms in total. The number of hydrogen-bond donors (Lipinski definition) is 1. The molecule has 41 heavy (non-hydrogen) atoms. The van der Waals surface area contributed by atoms with E-state index in [0.717, 1.165) is 15.4 Å². The summed E-state index contributed by atoms with van der Waals surface area (Å²) in [6.45, 7) is 8.79. The molecule has 2 atom stereocenters. The Morgan fingerprint density at radius 3 is 1.90 bits per heavy atom. The first-order valence-corrected chi connectivity index (χ1v) is 15.8. The highest BCUT2D eigenvalue weighted by atomic mass is 35.5. The Bertz CT molecular complexity index is 1440. The minimum absolute atomic E-state index is 0.0544. The number of carbonyl (C=O) groups excluding carboxylic acids is 2. The lowest BCUT2D eigenvalue weighted by atomic mass is 10.1. The summed E-state index contributed by atoms with van der Waals surface area (Å²) < 4.78 is 29.0. The smallest absolute Gasteiger partial charge is 0.264 e. The van der Waals surface area contributed by atoms with E-state index in [2.05, 4.69) is 5.32 Å². The quantitative estimate of drug-likeness (QED) is 0.250. The minimum Gasteiger partial charge on any atom is -0.352 e. The summed E-state index contributed by atoms with van der Waals surface area (Å²) in [7, 11) is -4.14. The molecule has 0 saturated heterocycles. The molecule has 10 heteroatoms. The van der Waals surface area contributed by atoms with E-state index in [1.165, 1.54) is 17.0 Å². The van der Waals surface area contributed by atoms with E-state index in [4.69, 9.17) is 23.2 Å². The third-order valence-corrected chi connectivity index (χ3v) is 9.48. The lowest BCUT2D eigenvalue weighted by molar-refractivity contribution is -0.140. The van der Waals surface area contributed by atoms with Crippen LogP contribution < -0.4 is 9.62 Å². The van der Waals surface area contributed by atoms with Gasteiger partial charge in [0, 0.05) is 28.2 Å². The molecule has 220 valence electrons. The first kappa shape index (κ1) is 32.4. The monoisotopic (exact) mass is 617 g/mol. The Morgan fingerprint density at radius 1 is 0.854 bits per heavy atom. The van der Waals surface area contributed by atoms with E-state index in [0.29, 0.717) is 34.1 Å². The predicted octanol–water partition coefficient (Wildman–Crippen LogP) is 6.53. The van der Waals surface area contributed by atoms with Gasteiger partial charge in [-0.15, -0.1) is 0 Å². The third kappa shape index (κ3) is 8.03.